The van der Waals surface area contributed by atoms with E-state index < -0.39 is 0 Å². The number of nitrogens with one attached hydrogen (secondary N) is 1. The van der Waals surface area contributed by atoms with Gasteiger partial charge in [0.15, 0.2) is 0 Å². The molecule has 0 aromatic rings. The van der Waals surface area contributed by atoms with Gasteiger partial charge in [-0.1, -0.05) is 53.4 Å². The van der Waals surface area contributed by atoms with Crippen LogP contribution in [0.2, 0.25) is 0 Å². The predicted octanol–water partition coefficient (Wildman–Crippen LogP) is 3.70. The van der Waals surface area contributed by atoms with Gasteiger partial charge in [0.2, 0.25) is 0 Å². The van der Waals surface area contributed by atoms with E-state index in [1.807, 2.05) is 0 Å². The molecule has 17 heavy (non-hydrogen) atoms. The fourth-order valence-electron chi connectivity index (χ4n) is 2.17. The van der Waals surface area contributed by atoms with Gasteiger partial charge in [-0.2, -0.15) is 0 Å². The van der Waals surface area contributed by atoms with E-state index >= 15 is 0 Å². The van der Waals surface area contributed by atoms with Crippen molar-refractivity contribution in [2.45, 2.75) is 78.7 Å². The third kappa shape index (κ3) is 10.8. The molecule has 0 fully saturated rings. The van der Waals surface area contributed by atoms with Crippen LogP contribution < -0.4 is 11.1 Å². The summed E-state index contributed by atoms with van der Waals surface area (Å²) in [5.41, 5.74) is 6.43. The van der Waals surface area contributed by atoms with Crippen molar-refractivity contribution >= 4 is 0 Å². The molecule has 0 aromatic carbocycles. The number of hydrogen-bond acceptors (Lipinski definition) is 2. The maximum Gasteiger partial charge on any atom is 0.00508 e. The lowest BCUT2D eigenvalue weighted by Gasteiger charge is -2.25. The molecule has 104 valence electrons. The standard InChI is InChI=1S/C15H34N2/c1-5-7-8-11-15(3,4)13-17-12-10-14(16)9-6-2/h14,17H,5-13,16H2,1-4H3. The van der Waals surface area contributed by atoms with E-state index in [0.29, 0.717) is 11.5 Å². The van der Waals surface area contributed by atoms with Crippen molar-refractivity contribution in [1.82, 2.24) is 5.32 Å². The van der Waals surface area contributed by atoms with Crippen molar-refractivity contribution in [2.24, 2.45) is 11.1 Å². The zero-order chi connectivity index (χ0) is 13.1. The summed E-state index contributed by atoms with van der Waals surface area (Å²) in [6, 6.07) is 0.385. The third-order valence-electron chi connectivity index (χ3n) is 3.41. The fourth-order valence-corrected chi connectivity index (χ4v) is 2.17. The minimum atomic E-state index is 0.385. The fraction of sp³-hybridized carbons (Fsp3) is 1.00. The minimum Gasteiger partial charge on any atom is -0.328 e. The molecule has 0 aliphatic rings. The molecule has 0 aliphatic carbocycles. The predicted molar refractivity (Wildman–Crippen MR) is 78.3 cm³/mol. The monoisotopic (exact) mass is 242 g/mol. The van der Waals surface area contributed by atoms with Crippen molar-refractivity contribution < 1.29 is 0 Å². The first-order valence-electron chi connectivity index (χ1n) is 7.48. The van der Waals surface area contributed by atoms with Gasteiger partial charge in [0.1, 0.15) is 0 Å². The second kappa shape index (κ2) is 9.90. The molecule has 0 saturated heterocycles. The lowest BCUT2D eigenvalue weighted by Crippen LogP contribution is -2.33. The van der Waals surface area contributed by atoms with Crippen LogP contribution in [0.4, 0.5) is 0 Å². The summed E-state index contributed by atoms with van der Waals surface area (Å²) in [5.74, 6) is 0. The summed E-state index contributed by atoms with van der Waals surface area (Å²) in [7, 11) is 0. The summed E-state index contributed by atoms with van der Waals surface area (Å²) >= 11 is 0. The highest BCUT2D eigenvalue weighted by atomic mass is 14.9. The van der Waals surface area contributed by atoms with Crippen LogP contribution in [0.1, 0.15) is 72.6 Å². The maximum atomic E-state index is 5.99. The van der Waals surface area contributed by atoms with Crippen LogP contribution in [-0.4, -0.2) is 19.1 Å². The van der Waals surface area contributed by atoms with Crippen LogP contribution in [0, 0.1) is 5.41 Å². The molecule has 0 bridgehead atoms. The zero-order valence-corrected chi connectivity index (χ0v) is 12.5. The summed E-state index contributed by atoms with van der Waals surface area (Å²) in [5, 5.41) is 3.56. The minimum absolute atomic E-state index is 0.385. The number of rotatable bonds is 11. The molecule has 0 amide bonds. The van der Waals surface area contributed by atoms with E-state index in [2.05, 4.69) is 33.0 Å². The summed E-state index contributed by atoms with van der Waals surface area (Å²) < 4.78 is 0. The van der Waals surface area contributed by atoms with E-state index in [9.17, 15) is 0 Å². The van der Waals surface area contributed by atoms with E-state index in [-0.39, 0.29) is 0 Å². The summed E-state index contributed by atoms with van der Waals surface area (Å²) in [4.78, 5) is 0. The first-order valence-corrected chi connectivity index (χ1v) is 7.48. The van der Waals surface area contributed by atoms with Crippen molar-refractivity contribution in [1.29, 1.82) is 0 Å². The molecule has 0 radical (unpaired) electrons. The first-order chi connectivity index (χ1) is 8.02. The van der Waals surface area contributed by atoms with Gasteiger partial charge < -0.3 is 11.1 Å². The van der Waals surface area contributed by atoms with Gasteiger partial charge in [0.05, 0.1) is 0 Å². The van der Waals surface area contributed by atoms with E-state index in [4.69, 9.17) is 5.73 Å². The van der Waals surface area contributed by atoms with Crippen molar-refractivity contribution in [2.75, 3.05) is 13.1 Å². The second-order valence-electron chi connectivity index (χ2n) is 6.14. The maximum absolute atomic E-state index is 5.99. The molecule has 2 nitrogen and oxygen atoms in total. The average Bonchev–Trinajstić information content (AvgIpc) is 2.25. The molecule has 0 aliphatic heterocycles. The lowest BCUT2D eigenvalue weighted by atomic mass is 9.87. The molecule has 0 rings (SSSR count). The third-order valence-corrected chi connectivity index (χ3v) is 3.41. The Morgan fingerprint density at radius 2 is 1.76 bits per heavy atom. The van der Waals surface area contributed by atoms with Gasteiger partial charge in [-0.15, -0.1) is 0 Å². The molecule has 0 saturated carbocycles. The number of hydrogen-bond donors (Lipinski definition) is 2. The molecule has 3 N–H and O–H groups in total. The Labute approximate surface area is 109 Å². The normalized spacial score (nSPS) is 13.9. The van der Waals surface area contributed by atoms with Gasteiger partial charge in [0.25, 0.3) is 0 Å². The van der Waals surface area contributed by atoms with Gasteiger partial charge in [-0.3, -0.25) is 0 Å². The van der Waals surface area contributed by atoms with Crippen molar-refractivity contribution in [3.8, 4) is 0 Å². The Kier molecular flexibility index (Phi) is 9.85. The molecular weight excluding hydrogens is 208 g/mol. The molecule has 0 heterocycles. The van der Waals surface area contributed by atoms with Crippen LogP contribution in [0.15, 0.2) is 0 Å². The van der Waals surface area contributed by atoms with Gasteiger partial charge in [-0.25, -0.2) is 0 Å². The first kappa shape index (κ1) is 16.9. The Balaban J connectivity index is 3.50. The lowest BCUT2D eigenvalue weighted by molar-refractivity contribution is 0.300. The SMILES string of the molecule is CCCCCC(C)(C)CNCCC(N)CCC. The van der Waals surface area contributed by atoms with Gasteiger partial charge >= 0.3 is 0 Å². The van der Waals surface area contributed by atoms with Crippen LogP contribution in [0.5, 0.6) is 0 Å². The van der Waals surface area contributed by atoms with E-state index in [1.165, 1.54) is 32.1 Å². The van der Waals surface area contributed by atoms with Crippen LogP contribution >= 0.6 is 0 Å². The summed E-state index contributed by atoms with van der Waals surface area (Å²) in [6.07, 6.45) is 8.83. The Bertz CT molecular complexity index is 166. The van der Waals surface area contributed by atoms with Crippen LogP contribution in [0.25, 0.3) is 0 Å². The van der Waals surface area contributed by atoms with Crippen LogP contribution in [0.3, 0.4) is 0 Å². The molecule has 0 aromatic heterocycles. The summed E-state index contributed by atoms with van der Waals surface area (Å²) in [6.45, 7) is 11.4. The smallest absolute Gasteiger partial charge is 0.00508 e. The van der Waals surface area contributed by atoms with Gasteiger partial charge in [-0.05, 0) is 31.2 Å². The molecule has 1 unspecified atom stereocenters. The molecule has 1 atom stereocenters. The molecule has 2 heteroatoms. The average molecular weight is 242 g/mol. The largest absolute Gasteiger partial charge is 0.328 e. The highest BCUT2D eigenvalue weighted by Crippen LogP contribution is 2.22. The van der Waals surface area contributed by atoms with Crippen molar-refractivity contribution in [3.63, 3.8) is 0 Å². The molecule has 0 spiro atoms. The zero-order valence-electron chi connectivity index (χ0n) is 12.5. The highest BCUT2D eigenvalue weighted by Gasteiger charge is 2.16. The molecular formula is C15H34N2. The Morgan fingerprint density at radius 3 is 2.35 bits per heavy atom. The topological polar surface area (TPSA) is 38.0 Å². The van der Waals surface area contributed by atoms with E-state index in [0.717, 1.165) is 25.9 Å². The quantitative estimate of drug-likeness (QED) is 0.542. The number of nitrogens with two attached hydrogens (primary N) is 1. The van der Waals surface area contributed by atoms with Crippen LogP contribution in [-0.2, 0) is 0 Å². The van der Waals surface area contributed by atoms with Crippen molar-refractivity contribution in [3.05, 3.63) is 0 Å². The van der Waals surface area contributed by atoms with Gasteiger partial charge in [0, 0.05) is 12.6 Å². The van der Waals surface area contributed by atoms with E-state index in [1.54, 1.807) is 0 Å². The Morgan fingerprint density at radius 1 is 1.06 bits per heavy atom. The number of unbranched alkanes of at least 4 members (excludes halogenated alkanes) is 2. The second-order valence-corrected chi connectivity index (χ2v) is 6.14. The Hall–Kier alpha value is -0.0800. The highest BCUT2D eigenvalue weighted by molar-refractivity contribution is 4.72.